The number of amides is 1. The lowest BCUT2D eigenvalue weighted by atomic mass is 10.0. The van der Waals surface area contributed by atoms with Crippen molar-refractivity contribution in [2.24, 2.45) is 0 Å². The molecule has 1 N–H and O–H groups in total. The van der Waals surface area contributed by atoms with Crippen molar-refractivity contribution < 1.29 is 26.4 Å². The molecule has 1 fully saturated rings. The van der Waals surface area contributed by atoms with E-state index in [0.29, 0.717) is 32.6 Å². The van der Waals surface area contributed by atoms with Crippen LogP contribution in [0.1, 0.15) is 34.3 Å². The summed E-state index contributed by atoms with van der Waals surface area (Å²) in [6.07, 6.45) is 2.30. The highest BCUT2D eigenvalue weighted by Gasteiger charge is 2.28. The van der Waals surface area contributed by atoms with E-state index in [9.17, 15) is 21.6 Å². The largest absolute Gasteiger partial charge is 0.497 e. The summed E-state index contributed by atoms with van der Waals surface area (Å²) in [5.74, 6) is 0.0851. The van der Waals surface area contributed by atoms with Gasteiger partial charge in [-0.25, -0.2) is 16.8 Å². The van der Waals surface area contributed by atoms with Gasteiger partial charge in [-0.15, -0.1) is 0 Å². The Kier molecular flexibility index (Phi) is 7.27. The van der Waals surface area contributed by atoms with Crippen molar-refractivity contribution in [1.29, 1.82) is 0 Å². The fourth-order valence-electron chi connectivity index (χ4n) is 4.25. The fraction of sp³-hybridized carbons (Fsp3) is 0.435. The van der Waals surface area contributed by atoms with E-state index < -0.39 is 26.0 Å². The summed E-state index contributed by atoms with van der Waals surface area (Å²) in [4.78, 5) is 12.6. The molecule has 184 valence electrons. The maximum atomic E-state index is 12.8. The van der Waals surface area contributed by atoms with Gasteiger partial charge in [-0.2, -0.15) is 8.61 Å². The van der Waals surface area contributed by atoms with Crippen LogP contribution in [0.4, 0.5) is 0 Å². The first-order valence-corrected chi connectivity index (χ1v) is 14.3. The van der Waals surface area contributed by atoms with E-state index in [4.69, 9.17) is 4.74 Å². The van der Waals surface area contributed by atoms with E-state index in [2.05, 4.69) is 5.32 Å². The van der Waals surface area contributed by atoms with E-state index in [1.54, 1.807) is 7.11 Å². The number of fused-ring (bicyclic) bond motifs is 1. The highest BCUT2D eigenvalue weighted by Crippen LogP contribution is 2.25. The number of nitrogens with zero attached hydrogens (tertiary/aromatic N) is 2. The lowest BCUT2D eigenvalue weighted by Crippen LogP contribution is -2.40. The molecule has 0 spiro atoms. The van der Waals surface area contributed by atoms with Crippen molar-refractivity contribution in [2.45, 2.75) is 30.7 Å². The molecule has 2 aliphatic heterocycles. The van der Waals surface area contributed by atoms with Crippen LogP contribution in [0.2, 0.25) is 0 Å². The molecule has 0 radical (unpaired) electrons. The Balaban J connectivity index is 1.31. The molecule has 0 atom stereocenters. The number of rotatable bonds is 8. The number of sulfonamides is 2. The van der Waals surface area contributed by atoms with Gasteiger partial charge in [-0.1, -0.05) is 6.07 Å². The summed E-state index contributed by atoms with van der Waals surface area (Å²) in [6, 6.07) is 11.4. The van der Waals surface area contributed by atoms with Crippen molar-refractivity contribution in [3.05, 3.63) is 59.2 Å². The molecule has 34 heavy (non-hydrogen) atoms. The second kappa shape index (κ2) is 10.0. The highest BCUT2D eigenvalue weighted by atomic mass is 32.2. The Bertz CT molecular complexity index is 1250. The maximum Gasteiger partial charge on any atom is 0.251 e. The number of ether oxygens (including phenoxy) is 1. The minimum absolute atomic E-state index is 0.0407. The SMILES string of the molecule is COc1ccc2c(c1)CCN(S(=O)(=O)CCNC(=O)c1ccc(S(=O)(=O)N3CCCC3)cc1)C2. The molecule has 2 aliphatic rings. The average molecular weight is 508 g/mol. The molecule has 1 amide bonds. The maximum absolute atomic E-state index is 12.8. The van der Waals surface area contributed by atoms with Crippen LogP contribution in [0, 0.1) is 0 Å². The Labute approximate surface area is 200 Å². The van der Waals surface area contributed by atoms with Crippen molar-refractivity contribution in [3.8, 4) is 5.75 Å². The first-order chi connectivity index (χ1) is 16.2. The summed E-state index contributed by atoms with van der Waals surface area (Å²) >= 11 is 0. The van der Waals surface area contributed by atoms with Gasteiger partial charge in [-0.3, -0.25) is 4.79 Å². The minimum Gasteiger partial charge on any atom is -0.497 e. The first kappa shape index (κ1) is 24.6. The molecular weight excluding hydrogens is 478 g/mol. The number of nitrogens with one attached hydrogen (secondary N) is 1. The van der Waals surface area contributed by atoms with Crippen LogP contribution in [-0.4, -0.2) is 70.4 Å². The Morgan fingerprint density at radius 3 is 2.32 bits per heavy atom. The van der Waals surface area contributed by atoms with Gasteiger partial charge in [0.15, 0.2) is 0 Å². The second-order valence-electron chi connectivity index (χ2n) is 8.43. The van der Waals surface area contributed by atoms with Crippen LogP contribution in [0.25, 0.3) is 0 Å². The molecule has 0 saturated carbocycles. The van der Waals surface area contributed by atoms with E-state index in [1.165, 1.54) is 32.9 Å². The summed E-state index contributed by atoms with van der Waals surface area (Å²) in [7, 11) is -5.50. The van der Waals surface area contributed by atoms with Crippen LogP contribution in [0.5, 0.6) is 5.75 Å². The minimum atomic E-state index is -3.55. The van der Waals surface area contributed by atoms with Crippen LogP contribution in [-0.2, 0) is 33.0 Å². The van der Waals surface area contributed by atoms with E-state index in [-0.39, 0.29) is 22.8 Å². The molecule has 4 rings (SSSR count). The zero-order valence-electron chi connectivity index (χ0n) is 19.1. The number of carbonyl (C=O) groups is 1. The number of hydrogen-bond acceptors (Lipinski definition) is 6. The topological polar surface area (TPSA) is 113 Å². The van der Waals surface area contributed by atoms with Crippen molar-refractivity contribution in [3.63, 3.8) is 0 Å². The summed E-state index contributed by atoms with van der Waals surface area (Å²) < 4.78 is 58.9. The highest BCUT2D eigenvalue weighted by molar-refractivity contribution is 7.89. The number of hydrogen-bond donors (Lipinski definition) is 1. The average Bonchev–Trinajstić information content (AvgIpc) is 3.39. The van der Waals surface area contributed by atoms with Gasteiger partial charge in [0.2, 0.25) is 20.0 Å². The Morgan fingerprint density at radius 2 is 1.65 bits per heavy atom. The summed E-state index contributed by atoms with van der Waals surface area (Å²) in [5, 5.41) is 2.62. The van der Waals surface area contributed by atoms with Crippen LogP contribution in [0.15, 0.2) is 47.4 Å². The zero-order chi connectivity index (χ0) is 24.3. The quantitative estimate of drug-likeness (QED) is 0.581. The number of methoxy groups -OCH3 is 1. The third-order valence-corrected chi connectivity index (χ3v) is 9.98. The third-order valence-electron chi connectivity index (χ3n) is 6.25. The molecule has 9 nitrogen and oxygen atoms in total. The predicted octanol–water partition coefficient (Wildman–Crippen LogP) is 1.60. The van der Waals surface area contributed by atoms with Crippen LogP contribution >= 0.6 is 0 Å². The molecule has 2 heterocycles. The molecule has 11 heteroatoms. The fourth-order valence-corrected chi connectivity index (χ4v) is 7.09. The standard InChI is InChI=1S/C23H29N3O6S2/c1-32-21-7-4-20-17-26(14-10-19(20)16-21)33(28,29)15-11-24-23(27)18-5-8-22(9-6-18)34(30,31)25-12-2-3-13-25/h4-9,16H,2-3,10-15,17H2,1H3,(H,24,27). The molecule has 2 aromatic rings. The molecule has 0 unspecified atom stereocenters. The van der Waals surface area contributed by atoms with Gasteiger partial charge in [0.25, 0.3) is 5.91 Å². The Morgan fingerprint density at radius 1 is 0.941 bits per heavy atom. The predicted molar refractivity (Wildman–Crippen MR) is 128 cm³/mol. The van der Waals surface area contributed by atoms with Gasteiger partial charge < -0.3 is 10.1 Å². The Hall–Kier alpha value is -2.47. The summed E-state index contributed by atoms with van der Waals surface area (Å²) in [6.45, 7) is 1.65. The van der Waals surface area contributed by atoms with Crippen molar-refractivity contribution >= 4 is 26.0 Å². The van der Waals surface area contributed by atoms with Gasteiger partial charge in [-0.05, 0) is 66.8 Å². The first-order valence-electron chi connectivity index (χ1n) is 11.2. The summed E-state index contributed by atoms with van der Waals surface area (Å²) in [5.41, 5.74) is 2.30. The third kappa shape index (κ3) is 5.27. The molecule has 0 aliphatic carbocycles. The molecule has 2 aromatic carbocycles. The van der Waals surface area contributed by atoms with Crippen molar-refractivity contribution in [2.75, 3.05) is 39.0 Å². The van der Waals surface area contributed by atoms with Gasteiger partial charge in [0.05, 0.1) is 17.8 Å². The molecule has 0 bridgehead atoms. The van der Waals surface area contributed by atoms with Gasteiger partial charge in [0, 0.05) is 38.3 Å². The smallest absolute Gasteiger partial charge is 0.251 e. The lowest BCUT2D eigenvalue weighted by molar-refractivity contribution is 0.0956. The van der Waals surface area contributed by atoms with Crippen LogP contribution < -0.4 is 10.1 Å². The van der Waals surface area contributed by atoms with Gasteiger partial charge in [0.1, 0.15) is 5.75 Å². The van der Waals surface area contributed by atoms with E-state index in [1.807, 2.05) is 18.2 Å². The number of carbonyl (C=O) groups excluding carboxylic acids is 1. The lowest BCUT2D eigenvalue weighted by Gasteiger charge is -2.28. The van der Waals surface area contributed by atoms with Gasteiger partial charge >= 0.3 is 0 Å². The van der Waals surface area contributed by atoms with Crippen LogP contribution in [0.3, 0.4) is 0 Å². The van der Waals surface area contributed by atoms with Crippen molar-refractivity contribution in [1.82, 2.24) is 13.9 Å². The monoisotopic (exact) mass is 507 g/mol. The molecule has 1 saturated heterocycles. The molecule has 0 aromatic heterocycles. The zero-order valence-corrected chi connectivity index (χ0v) is 20.7. The molecular formula is C23H29N3O6S2. The number of benzene rings is 2. The van der Waals surface area contributed by atoms with E-state index >= 15 is 0 Å². The normalized spacial score (nSPS) is 17.3. The van der Waals surface area contributed by atoms with E-state index in [0.717, 1.165) is 29.7 Å². The second-order valence-corrected chi connectivity index (χ2v) is 12.5.